The van der Waals surface area contributed by atoms with Crippen molar-refractivity contribution in [3.8, 4) is 0 Å². The van der Waals surface area contributed by atoms with Crippen molar-refractivity contribution in [2.75, 3.05) is 18.6 Å². The van der Waals surface area contributed by atoms with E-state index in [0.717, 1.165) is 13.2 Å². The first-order chi connectivity index (χ1) is 17.8. The summed E-state index contributed by atoms with van der Waals surface area (Å²) in [5, 5.41) is -2.98. The molecular formula is C21H16Cl2F9N3O4. The zero-order chi connectivity index (χ0) is 30.1. The fourth-order valence-electron chi connectivity index (χ4n) is 3.20. The number of aromatic nitrogens is 2. The second kappa shape index (κ2) is 11.6. The number of methoxy groups -OCH3 is 1. The van der Waals surface area contributed by atoms with Gasteiger partial charge in [-0.3, -0.25) is 14.3 Å². The molecule has 0 bridgehead atoms. The maximum absolute atomic E-state index is 13.7. The number of hydrogen-bond acceptors (Lipinski definition) is 6. The van der Waals surface area contributed by atoms with Crippen LogP contribution in [0.4, 0.5) is 51.1 Å². The molecule has 216 valence electrons. The summed E-state index contributed by atoms with van der Waals surface area (Å²) >= 11 is 11.4. The van der Waals surface area contributed by atoms with Crippen molar-refractivity contribution in [1.29, 1.82) is 0 Å². The van der Waals surface area contributed by atoms with Crippen LogP contribution in [0.3, 0.4) is 0 Å². The predicted octanol–water partition coefficient (Wildman–Crippen LogP) is 6.47. The summed E-state index contributed by atoms with van der Waals surface area (Å²) in [6.45, 7) is 3.43. The zero-order valence-electron chi connectivity index (χ0n) is 19.6. The van der Waals surface area contributed by atoms with Crippen molar-refractivity contribution in [2.45, 2.75) is 38.2 Å². The molecule has 1 aromatic heterocycles. The van der Waals surface area contributed by atoms with Gasteiger partial charge in [0.15, 0.2) is 5.69 Å². The molecule has 2 aromatic rings. The minimum Gasteiger partial charge on any atom is -0.463 e. The number of rotatable bonds is 8. The molecule has 2 rings (SSSR count). The number of alkyl halides is 9. The van der Waals surface area contributed by atoms with Gasteiger partial charge in [-0.25, -0.2) is 9.78 Å². The summed E-state index contributed by atoms with van der Waals surface area (Å²) in [7, 11) is 0.733. The number of halogens is 11. The van der Waals surface area contributed by atoms with Crippen molar-refractivity contribution in [3.63, 3.8) is 0 Å². The molecule has 1 aromatic carbocycles. The van der Waals surface area contributed by atoms with E-state index < -0.39 is 87.9 Å². The third-order valence-electron chi connectivity index (χ3n) is 4.78. The summed E-state index contributed by atoms with van der Waals surface area (Å²) in [5.74, 6) is -2.81. The number of carbonyl (C=O) groups is 1. The average molecular weight is 616 g/mol. The Morgan fingerprint density at radius 1 is 1.08 bits per heavy atom. The highest BCUT2D eigenvalue weighted by Crippen LogP contribution is 2.46. The van der Waals surface area contributed by atoms with Gasteiger partial charge in [-0.15, -0.1) is 6.58 Å². The fraction of sp³-hybridized carbons (Fsp3) is 0.381. The van der Waals surface area contributed by atoms with Crippen molar-refractivity contribution < 1.29 is 53.8 Å². The second-order valence-corrected chi connectivity index (χ2v) is 8.10. The van der Waals surface area contributed by atoms with Crippen LogP contribution in [0.15, 0.2) is 29.6 Å². The van der Waals surface area contributed by atoms with Crippen molar-refractivity contribution in [2.24, 2.45) is 0 Å². The van der Waals surface area contributed by atoms with E-state index in [4.69, 9.17) is 32.7 Å². The number of benzene rings is 1. The van der Waals surface area contributed by atoms with E-state index in [1.807, 2.05) is 0 Å². The van der Waals surface area contributed by atoms with Crippen molar-refractivity contribution >= 4 is 40.8 Å². The minimum atomic E-state index is -5.52. The van der Waals surface area contributed by atoms with E-state index in [-0.39, 0.29) is 17.0 Å². The predicted molar refractivity (Wildman–Crippen MR) is 120 cm³/mol. The Balaban J connectivity index is 3.23. The summed E-state index contributed by atoms with van der Waals surface area (Å²) in [6, 6.07) is -0.335. The van der Waals surface area contributed by atoms with Crippen LogP contribution < -0.4 is 10.5 Å². The maximum atomic E-state index is 13.7. The van der Waals surface area contributed by atoms with Crippen LogP contribution >= 0.6 is 23.2 Å². The molecule has 18 heteroatoms. The van der Waals surface area contributed by atoms with Crippen LogP contribution in [0.2, 0.25) is 10.0 Å². The first-order valence-electron chi connectivity index (χ1n) is 10.3. The van der Waals surface area contributed by atoms with Crippen LogP contribution in [-0.4, -0.2) is 35.5 Å². The molecule has 0 spiro atoms. The Hall–Kier alpha value is -2.98. The number of allylic oxidation sites excluding steroid dienone is 1. The highest BCUT2D eigenvalue weighted by Gasteiger charge is 2.44. The van der Waals surface area contributed by atoms with Gasteiger partial charge in [-0.1, -0.05) is 29.3 Å². The summed E-state index contributed by atoms with van der Waals surface area (Å²) in [5.41, 5.74) is -9.07. The van der Waals surface area contributed by atoms with Gasteiger partial charge >= 0.3 is 24.5 Å². The monoisotopic (exact) mass is 615 g/mol. The number of anilines is 2. The zero-order valence-corrected chi connectivity index (χ0v) is 21.1. The molecule has 1 unspecified atom stereocenters. The topological polar surface area (TPSA) is 73.7 Å². The first-order valence-corrected chi connectivity index (χ1v) is 11.0. The van der Waals surface area contributed by atoms with Gasteiger partial charge in [0.05, 0.1) is 28.4 Å². The normalized spacial score (nSPS) is 13.3. The van der Waals surface area contributed by atoms with Gasteiger partial charge in [0.1, 0.15) is 5.02 Å². The molecule has 0 amide bonds. The third-order valence-corrected chi connectivity index (χ3v) is 5.52. The van der Waals surface area contributed by atoms with Crippen molar-refractivity contribution in [1.82, 2.24) is 9.55 Å². The van der Waals surface area contributed by atoms with Crippen LogP contribution in [-0.2, 0) is 39.3 Å². The molecule has 0 fully saturated rings. The molecular weight excluding hydrogens is 600 g/mol. The average Bonchev–Trinajstić information content (AvgIpc) is 2.79. The molecule has 1 heterocycles. The summed E-state index contributed by atoms with van der Waals surface area (Å²) in [6.07, 6.45) is -17.9. The standard InChI is InChI=1S/C21H16Cl2F9N3O4/c1-4-6-34-15(36)13(23)14(21(30,31)32)33-18(34)35(16(38-3)17(37)39-5-2)11-8-9(19(24,25)26)7-10(12(11)22)20(27,28)29/h4,7-8,16H,1,5-6H2,2-3H3. The molecule has 0 saturated carbocycles. The lowest BCUT2D eigenvalue weighted by Gasteiger charge is -2.33. The number of ether oxygens (including phenoxy) is 2. The minimum absolute atomic E-state index is 0.00902. The van der Waals surface area contributed by atoms with Gasteiger partial charge in [-0.2, -0.15) is 39.5 Å². The van der Waals surface area contributed by atoms with E-state index in [2.05, 4.69) is 11.6 Å². The molecule has 0 aliphatic rings. The molecule has 0 aliphatic heterocycles. The highest BCUT2D eigenvalue weighted by atomic mass is 35.5. The summed E-state index contributed by atoms with van der Waals surface area (Å²) in [4.78, 5) is 28.7. The highest BCUT2D eigenvalue weighted by molar-refractivity contribution is 6.34. The maximum Gasteiger partial charge on any atom is 0.435 e. The first kappa shape index (κ1) is 32.2. The smallest absolute Gasteiger partial charge is 0.435 e. The van der Waals surface area contributed by atoms with Crippen LogP contribution in [0.25, 0.3) is 0 Å². The lowest BCUT2D eigenvalue weighted by atomic mass is 10.1. The Labute approximate surface area is 223 Å². The fourth-order valence-corrected chi connectivity index (χ4v) is 3.76. The SMILES string of the molecule is C=CCn1c(N(c2cc(C(F)(F)F)cc(C(F)(F)F)c2Cl)C(OC)C(=O)OCC)nc(C(F)(F)F)c(Cl)c1=O. The van der Waals surface area contributed by atoms with Gasteiger partial charge in [0, 0.05) is 13.7 Å². The molecule has 0 saturated heterocycles. The number of hydrogen-bond donors (Lipinski definition) is 0. The Kier molecular flexibility index (Phi) is 9.62. The second-order valence-electron chi connectivity index (χ2n) is 7.34. The van der Waals surface area contributed by atoms with E-state index in [1.165, 1.54) is 6.92 Å². The van der Waals surface area contributed by atoms with Gasteiger partial charge in [0.2, 0.25) is 12.2 Å². The number of esters is 1. The van der Waals surface area contributed by atoms with Gasteiger partial charge in [-0.05, 0) is 19.1 Å². The van der Waals surface area contributed by atoms with Gasteiger partial charge < -0.3 is 9.47 Å². The van der Waals surface area contributed by atoms with E-state index >= 15 is 0 Å². The lowest BCUT2D eigenvalue weighted by Crippen LogP contribution is -2.45. The van der Waals surface area contributed by atoms with E-state index in [0.29, 0.717) is 4.57 Å². The molecule has 0 N–H and O–H groups in total. The number of nitrogens with zero attached hydrogens (tertiary/aromatic N) is 3. The van der Waals surface area contributed by atoms with Crippen LogP contribution in [0.5, 0.6) is 0 Å². The Morgan fingerprint density at radius 3 is 2.10 bits per heavy atom. The third kappa shape index (κ3) is 6.78. The molecule has 39 heavy (non-hydrogen) atoms. The van der Waals surface area contributed by atoms with Crippen LogP contribution in [0, 0.1) is 0 Å². The number of carbonyl (C=O) groups excluding carboxylic acids is 1. The Bertz CT molecular complexity index is 1310. The Morgan fingerprint density at radius 2 is 1.67 bits per heavy atom. The van der Waals surface area contributed by atoms with Crippen molar-refractivity contribution in [3.05, 3.63) is 62.0 Å². The largest absolute Gasteiger partial charge is 0.463 e. The quantitative estimate of drug-likeness (QED) is 0.147. The summed E-state index contributed by atoms with van der Waals surface area (Å²) < 4.78 is 133. The van der Waals surface area contributed by atoms with E-state index in [9.17, 15) is 49.1 Å². The molecule has 0 aliphatic carbocycles. The van der Waals surface area contributed by atoms with Crippen LogP contribution in [0.1, 0.15) is 23.7 Å². The van der Waals surface area contributed by atoms with Gasteiger partial charge in [0.25, 0.3) is 5.56 Å². The lowest BCUT2D eigenvalue weighted by molar-refractivity contribution is -0.154. The molecule has 1 atom stereocenters. The molecule has 7 nitrogen and oxygen atoms in total. The molecule has 0 radical (unpaired) electrons. The van der Waals surface area contributed by atoms with E-state index in [1.54, 1.807) is 0 Å².